The van der Waals surface area contributed by atoms with E-state index in [0.717, 1.165) is 0 Å². The zero-order chi connectivity index (χ0) is 16.9. The van der Waals surface area contributed by atoms with Crippen LogP contribution in [0.2, 0.25) is 0 Å². The lowest BCUT2D eigenvalue weighted by Crippen LogP contribution is -2.26. The van der Waals surface area contributed by atoms with Gasteiger partial charge in [0.2, 0.25) is 5.82 Å². The van der Waals surface area contributed by atoms with Crippen molar-refractivity contribution >= 4 is 17.3 Å². The maximum Gasteiger partial charge on any atom is 0.288 e. The lowest BCUT2D eigenvalue weighted by Gasteiger charge is -2.02. The van der Waals surface area contributed by atoms with Gasteiger partial charge in [0.1, 0.15) is 5.76 Å². The molecule has 0 aromatic carbocycles. The summed E-state index contributed by atoms with van der Waals surface area (Å²) in [6.07, 6.45) is 4.80. The average molecular weight is 324 g/mol. The Hall–Kier alpha value is -3.35. The number of aromatic nitrogens is 2. The van der Waals surface area contributed by atoms with E-state index < -0.39 is 5.91 Å². The summed E-state index contributed by atoms with van der Waals surface area (Å²) < 4.78 is 6.76. The highest BCUT2D eigenvalue weighted by Crippen LogP contribution is 2.13. The molecule has 0 aliphatic heterocycles. The highest BCUT2D eigenvalue weighted by Gasteiger charge is 2.21. The Balaban J connectivity index is 1.88. The molecule has 0 saturated heterocycles. The molecule has 3 heterocycles. The highest BCUT2D eigenvalue weighted by atomic mass is 16.3. The quantitative estimate of drug-likeness (QED) is 0.676. The van der Waals surface area contributed by atoms with Gasteiger partial charge in [-0.25, -0.2) is 4.98 Å². The standard InChI is InChI=1S/C17H16N4O3/c1-2-8-18-16(22)14-13-7-3-4-9-21(13)15(20-14)17(23)19-11-12-6-5-10-24-12/h2-7,9-10H,1,8,11H2,(H,18,22)(H,19,23). The lowest BCUT2D eigenvalue weighted by atomic mass is 10.3. The Kier molecular flexibility index (Phi) is 4.42. The Labute approximate surface area is 138 Å². The highest BCUT2D eigenvalue weighted by molar-refractivity contribution is 6.02. The van der Waals surface area contributed by atoms with E-state index in [0.29, 0.717) is 17.8 Å². The number of imidazole rings is 1. The summed E-state index contributed by atoms with van der Waals surface area (Å²) in [5.41, 5.74) is 0.753. The number of furan rings is 1. The first-order valence-corrected chi connectivity index (χ1v) is 7.37. The second-order valence-electron chi connectivity index (χ2n) is 5.00. The van der Waals surface area contributed by atoms with Crippen molar-refractivity contribution in [3.8, 4) is 0 Å². The number of nitrogens with one attached hydrogen (secondary N) is 2. The van der Waals surface area contributed by atoms with Crippen LogP contribution in [0.25, 0.3) is 5.52 Å². The fraction of sp³-hybridized carbons (Fsp3) is 0.118. The molecule has 3 rings (SSSR count). The Morgan fingerprint density at radius 2 is 2.08 bits per heavy atom. The first kappa shape index (κ1) is 15.5. The van der Waals surface area contributed by atoms with Gasteiger partial charge in [-0.05, 0) is 24.3 Å². The number of fused-ring (bicyclic) bond motifs is 1. The molecule has 24 heavy (non-hydrogen) atoms. The van der Waals surface area contributed by atoms with Crippen LogP contribution in [0.4, 0.5) is 0 Å². The summed E-state index contributed by atoms with van der Waals surface area (Å²) in [7, 11) is 0. The van der Waals surface area contributed by atoms with Crippen molar-refractivity contribution in [1.29, 1.82) is 0 Å². The third-order valence-electron chi connectivity index (χ3n) is 3.38. The number of pyridine rings is 1. The van der Waals surface area contributed by atoms with Crippen LogP contribution in [-0.2, 0) is 6.54 Å². The summed E-state index contributed by atoms with van der Waals surface area (Å²) in [5, 5.41) is 5.39. The van der Waals surface area contributed by atoms with Gasteiger partial charge in [0.15, 0.2) is 5.69 Å². The average Bonchev–Trinajstić information content (AvgIpc) is 3.25. The predicted molar refractivity (Wildman–Crippen MR) is 87.6 cm³/mol. The smallest absolute Gasteiger partial charge is 0.288 e. The topological polar surface area (TPSA) is 88.6 Å². The van der Waals surface area contributed by atoms with Crippen LogP contribution in [0.5, 0.6) is 0 Å². The monoisotopic (exact) mass is 324 g/mol. The molecular weight excluding hydrogens is 308 g/mol. The second-order valence-corrected chi connectivity index (χ2v) is 5.00. The zero-order valence-electron chi connectivity index (χ0n) is 12.9. The van der Waals surface area contributed by atoms with Gasteiger partial charge in [0, 0.05) is 12.7 Å². The molecule has 0 spiro atoms. The van der Waals surface area contributed by atoms with Crippen molar-refractivity contribution < 1.29 is 14.0 Å². The van der Waals surface area contributed by atoms with Gasteiger partial charge in [-0.15, -0.1) is 6.58 Å². The summed E-state index contributed by atoms with van der Waals surface area (Å²) in [5.74, 6) is 0.0214. The number of rotatable bonds is 6. The van der Waals surface area contributed by atoms with Crippen LogP contribution in [-0.4, -0.2) is 27.7 Å². The Morgan fingerprint density at radius 1 is 1.21 bits per heavy atom. The molecule has 2 N–H and O–H groups in total. The summed E-state index contributed by atoms with van der Waals surface area (Å²) in [6, 6.07) is 8.79. The SMILES string of the molecule is C=CCNC(=O)c1nc(C(=O)NCc2ccco2)n2ccccc12. The largest absolute Gasteiger partial charge is 0.467 e. The molecule has 3 aromatic heterocycles. The number of amides is 2. The number of carbonyl (C=O) groups excluding carboxylic acids is 2. The molecule has 7 nitrogen and oxygen atoms in total. The van der Waals surface area contributed by atoms with Crippen LogP contribution in [0.15, 0.2) is 59.9 Å². The molecule has 3 aromatic rings. The summed E-state index contributed by atoms with van der Waals surface area (Å²) in [4.78, 5) is 28.9. The normalized spacial score (nSPS) is 10.5. The van der Waals surface area contributed by atoms with Crippen molar-refractivity contribution in [1.82, 2.24) is 20.0 Å². The van der Waals surface area contributed by atoms with E-state index in [-0.39, 0.29) is 24.0 Å². The molecule has 0 radical (unpaired) electrons. The van der Waals surface area contributed by atoms with Gasteiger partial charge in [0.25, 0.3) is 11.8 Å². The van der Waals surface area contributed by atoms with Crippen LogP contribution >= 0.6 is 0 Å². The zero-order valence-corrected chi connectivity index (χ0v) is 12.9. The molecule has 0 saturated carbocycles. The molecule has 0 fully saturated rings. The van der Waals surface area contributed by atoms with Crippen molar-refractivity contribution in [3.05, 3.63) is 72.7 Å². The van der Waals surface area contributed by atoms with E-state index in [1.54, 1.807) is 47.0 Å². The van der Waals surface area contributed by atoms with E-state index >= 15 is 0 Å². The van der Waals surface area contributed by atoms with Gasteiger partial charge in [-0.1, -0.05) is 12.1 Å². The molecule has 7 heteroatoms. The summed E-state index contributed by atoms with van der Waals surface area (Å²) >= 11 is 0. The van der Waals surface area contributed by atoms with Crippen LogP contribution in [0.1, 0.15) is 26.9 Å². The van der Waals surface area contributed by atoms with Crippen molar-refractivity contribution in [3.63, 3.8) is 0 Å². The van der Waals surface area contributed by atoms with Gasteiger partial charge >= 0.3 is 0 Å². The fourth-order valence-corrected chi connectivity index (χ4v) is 2.27. The molecular formula is C17H16N4O3. The Bertz CT molecular complexity index is 881. The molecule has 0 aliphatic carbocycles. The number of carbonyl (C=O) groups is 2. The minimum atomic E-state index is -0.393. The van der Waals surface area contributed by atoms with E-state index in [1.165, 1.54) is 6.26 Å². The van der Waals surface area contributed by atoms with Crippen molar-refractivity contribution in [2.45, 2.75) is 6.54 Å². The fourth-order valence-electron chi connectivity index (χ4n) is 2.27. The van der Waals surface area contributed by atoms with Gasteiger partial charge in [0.05, 0.1) is 18.3 Å². The van der Waals surface area contributed by atoms with Crippen LogP contribution < -0.4 is 10.6 Å². The van der Waals surface area contributed by atoms with E-state index in [4.69, 9.17) is 4.42 Å². The molecule has 2 amide bonds. The van der Waals surface area contributed by atoms with Crippen molar-refractivity contribution in [2.24, 2.45) is 0 Å². The Morgan fingerprint density at radius 3 is 2.83 bits per heavy atom. The van der Waals surface area contributed by atoms with Gasteiger partial charge < -0.3 is 15.1 Å². The van der Waals surface area contributed by atoms with Gasteiger partial charge in [-0.2, -0.15) is 0 Å². The van der Waals surface area contributed by atoms with Crippen LogP contribution in [0.3, 0.4) is 0 Å². The minimum absolute atomic E-state index is 0.140. The minimum Gasteiger partial charge on any atom is -0.467 e. The maximum atomic E-state index is 12.4. The second kappa shape index (κ2) is 6.82. The maximum absolute atomic E-state index is 12.4. The van der Waals surface area contributed by atoms with E-state index in [9.17, 15) is 9.59 Å². The lowest BCUT2D eigenvalue weighted by molar-refractivity contribution is 0.0937. The van der Waals surface area contributed by atoms with Crippen LogP contribution in [0, 0.1) is 0 Å². The summed E-state index contributed by atoms with van der Waals surface area (Å²) in [6.45, 7) is 4.12. The first-order valence-electron chi connectivity index (χ1n) is 7.37. The molecule has 122 valence electrons. The molecule has 0 unspecified atom stereocenters. The number of hydrogen-bond acceptors (Lipinski definition) is 4. The predicted octanol–water partition coefficient (Wildman–Crippen LogP) is 1.77. The third-order valence-corrected chi connectivity index (χ3v) is 3.38. The van der Waals surface area contributed by atoms with Gasteiger partial charge in [-0.3, -0.25) is 14.0 Å². The first-order chi connectivity index (χ1) is 11.7. The molecule has 0 atom stereocenters. The number of hydrogen-bond donors (Lipinski definition) is 2. The molecule has 0 bridgehead atoms. The van der Waals surface area contributed by atoms with E-state index in [1.807, 2.05) is 0 Å². The van der Waals surface area contributed by atoms with E-state index in [2.05, 4.69) is 22.2 Å². The number of nitrogens with zero attached hydrogens (tertiary/aromatic N) is 2. The molecule has 0 aliphatic rings. The third kappa shape index (κ3) is 3.05. The van der Waals surface area contributed by atoms with Crippen molar-refractivity contribution in [2.75, 3.05) is 6.54 Å².